The van der Waals surface area contributed by atoms with Crippen molar-refractivity contribution in [2.75, 3.05) is 5.73 Å². The molecule has 54 valence electrons. The largest absolute Gasteiger partial charge is 0.410 e. The first-order valence-electron chi connectivity index (χ1n) is 2.72. The molecular formula is C6H7NO3. The van der Waals surface area contributed by atoms with Crippen LogP contribution in [0.4, 0.5) is 5.88 Å². The van der Waals surface area contributed by atoms with Gasteiger partial charge in [0.2, 0.25) is 0 Å². The minimum absolute atomic E-state index is 0.130. The van der Waals surface area contributed by atoms with Gasteiger partial charge in [-0.15, -0.1) is 0 Å². The van der Waals surface area contributed by atoms with Crippen molar-refractivity contribution in [2.24, 2.45) is 0 Å². The third kappa shape index (κ3) is 1.51. The molecule has 1 aromatic rings. The first kappa shape index (κ1) is 6.67. The van der Waals surface area contributed by atoms with Crippen molar-refractivity contribution in [3.05, 3.63) is 12.1 Å². The second kappa shape index (κ2) is 2.43. The summed E-state index contributed by atoms with van der Waals surface area (Å²) >= 11 is 0. The molecular weight excluding hydrogens is 134 g/mol. The van der Waals surface area contributed by atoms with E-state index in [-0.39, 0.29) is 11.8 Å². The predicted octanol–water partition coefficient (Wildman–Crippen LogP) is 0.787. The van der Waals surface area contributed by atoms with Gasteiger partial charge in [0.25, 0.3) is 5.95 Å². The first-order valence-corrected chi connectivity index (χ1v) is 2.72. The van der Waals surface area contributed by atoms with Gasteiger partial charge in [-0.05, 0) is 0 Å². The Hall–Kier alpha value is -1.45. The Morgan fingerprint density at radius 3 is 2.80 bits per heavy atom. The van der Waals surface area contributed by atoms with Gasteiger partial charge in [-0.2, -0.15) is 0 Å². The molecule has 10 heavy (non-hydrogen) atoms. The van der Waals surface area contributed by atoms with Crippen molar-refractivity contribution in [2.45, 2.75) is 6.92 Å². The van der Waals surface area contributed by atoms with Gasteiger partial charge in [-0.3, -0.25) is 4.79 Å². The summed E-state index contributed by atoms with van der Waals surface area (Å²) in [5.74, 6) is -0.0596. The monoisotopic (exact) mass is 141 g/mol. The van der Waals surface area contributed by atoms with E-state index in [4.69, 9.17) is 10.2 Å². The Balaban J connectivity index is 2.67. The highest BCUT2D eigenvalue weighted by atomic mass is 16.6. The van der Waals surface area contributed by atoms with E-state index in [1.54, 1.807) is 0 Å². The average Bonchev–Trinajstić information content (AvgIpc) is 2.13. The Morgan fingerprint density at radius 1 is 1.70 bits per heavy atom. The van der Waals surface area contributed by atoms with Crippen LogP contribution in [0.2, 0.25) is 0 Å². The molecule has 0 spiro atoms. The van der Waals surface area contributed by atoms with Crippen molar-refractivity contribution >= 4 is 11.9 Å². The Kier molecular flexibility index (Phi) is 1.62. The molecule has 0 fully saturated rings. The molecule has 0 bridgehead atoms. The van der Waals surface area contributed by atoms with E-state index in [0.717, 1.165) is 0 Å². The molecule has 1 heterocycles. The minimum atomic E-state index is -0.422. The molecule has 0 saturated carbocycles. The average molecular weight is 141 g/mol. The lowest BCUT2D eigenvalue weighted by molar-refractivity contribution is -0.133. The molecule has 2 N–H and O–H groups in total. The van der Waals surface area contributed by atoms with Crippen molar-refractivity contribution < 1.29 is 13.9 Å². The minimum Gasteiger partial charge on any atom is -0.410 e. The lowest BCUT2D eigenvalue weighted by atomic mass is 10.6. The van der Waals surface area contributed by atoms with Gasteiger partial charge >= 0.3 is 5.97 Å². The SMILES string of the molecule is CC(=O)Oc1ccc(N)o1. The number of nitrogen functional groups attached to an aromatic ring is 1. The zero-order valence-electron chi connectivity index (χ0n) is 5.46. The van der Waals surface area contributed by atoms with Crippen LogP contribution in [-0.2, 0) is 4.79 Å². The van der Waals surface area contributed by atoms with Gasteiger partial charge in [0.05, 0.1) is 0 Å². The van der Waals surface area contributed by atoms with Crippen molar-refractivity contribution in [1.82, 2.24) is 0 Å². The fourth-order valence-corrected chi connectivity index (χ4v) is 0.531. The van der Waals surface area contributed by atoms with Crippen LogP contribution in [0, 0.1) is 0 Å². The Labute approximate surface area is 57.6 Å². The van der Waals surface area contributed by atoms with Crippen molar-refractivity contribution in [3.8, 4) is 5.95 Å². The molecule has 0 saturated heterocycles. The molecule has 0 aliphatic rings. The van der Waals surface area contributed by atoms with E-state index >= 15 is 0 Å². The number of esters is 1. The highest BCUT2D eigenvalue weighted by Crippen LogP contribution is 2.16. The summed E-state index contributed by atoms with van der Waals surface area (Å²) in [5.41, 5.74) is 5.20. The van der Waals surface area contributed by atoms with Gasteiger partial charge in [-0.25, -0.2) is 0 Å². The van der Waals surface area contributed by atoms with Crippen LogP contribution >= 0.6 is 0 Å². The summed E-state index contributed by atoms with van der Waals surface area (Å²) in [4.78, 5) is 10.3. The van der Waals surface area contributed by atoms with Gasteiger partial charge in [-0.1, -0.05) is 0 Å². The maximum Gasteiger partial charge on any atom is 0.310 e. The van der Waals surface area contributed by atoms with E-state index in [2.05, 4.69) is 4.74 Å². The molecule has 0 aliphatic heterocycles. The summed E-state index contributed by atoms with van der Waals surface area (Å²) in [5, 5.41) is 0. The molecule has 4 heteroatoms. The third-order valence-electron chi connectivity index (χ3n) is 0.846. The van der Waals surface area contributed by atoms with Gasteiger partial charge in [0.1, 0.15) is 0 Å². The normalized spacial score (nSPS) is 9.30. The lowest BCUT2D eigenvalue weighted by Gasteiger charge is -1.91. The van der Waals surface area contributed by atoms with Crippen molar-refractivity contribution in [3.63, 3.8) is 0 Å². The molecule has 0 radical (unpaired) electrons. The number of anilines is 1. The van der Waals surface area contributed by atoms with E-state index < -0.39 is 5.97 Å². The number of nitrogens with two attached hydrogens (primary N) is 1. The zero-order chi connectivity index (χ0) is 7.56. The Bertz CT molecular complexity index is 241. The van der Waals surface area contributed by atoms with Gasteiger partial charge in [0, 0.05) is 19.1 Å². The van der Waals surface area contributed by atoms with E-state index in [0.29, 0.717) is 0 Å². The van der Waals surface area contributed by atoms with Gasteiger partial charge in [0.15, 0.2) is 5.88 Å². The fourth-order valence-electron chi connectivity index (χ4n) is 0.531. The molecule has 0 atom stereocenters. The standard InChI is InChI=1S/C6H7NO3/c1-4(8)9-6-3-2-5(7)10-6/h2-3H,7H2,1H3. The van der Waals surface area contributed by atoms with Crippen LogP contribution in [0.1, 0.15) is 6.92 Å². The number of hydrogen-bond donors (Lipinski definition) is 1. The predicted molar refractivity (Wildman–Crippen MR) is 34.4 cm³/mol. The quantitative estimate of drug-likeness (QED) is 0.587. The molecule has 1 rings (SSSR count). The summed E-state index contributed by atoms with van der Waals surface area (Å²) in [6, 6.07) is 3.00. The van der Waals surface area contributed by atoms with E-state index in [1.165, 1.54) is 19.1 Å². The highest BCUT2D eigenvalue weighted by Gasteiger charge is 2.00. The van der Waals surface area contributed by atoms with Crippen LogP contribution in [0.5, 0.6) is 5.95 Å². The van der Waals surface area contributed by atoms with Crippen LogP contribution in [0.15, 0.2) is 16.5 Å². The summed E-state index contributed by atoms with van der Waals surface area (Å²) in [6.45, 7) is 1.29. The molecule has 0 unspecified atom stereocenters. The van der Waals surface area contributed by atoms with Crippen LogP contribution in [0.25, 0.3) is 0 Å². The number of rotatable bonds is 1. The topological polar surface area (TPSA) is 65.5 Å². The van der Waals surface area contributed by atoms with E-state index in [1.807, 2.05) is 0 Å². The van der Waals surface area contributed by atoms with Crippen molar-refractivity contribution in [1.29, 1.82) is 0 Å². The molecule has 0 aromatic carbocycles. The number of carbonyl (C=O) groups is 1. The molecule has 1 aromatic heterocycles. The molecule has 0 amide bonds. The second-order valence-corrected chi connectivity index (χ2v) is 1.75. The van der Waals surface area contributed by atoms with Crippen LogP contribution < -0.4 is 10.5 Å². The summed E-state index contributed by atoms with van der Waals surface area (Å²) < 4.78 is 9.28. The zero-order valence-corrected chi connectivity index (χ0v) is 5.46. The number of ether oxygens (including phenoxy) is 1. The van der Waals surface area contributed by atoms with E-state index in [9.17, 15) is 4.79 Å². The maximum atomic E-state index is 10.3. The fraction of sp³-hybridized carbons (Fsp3) is 0.167. The Morgan fingerprint density at radius 2 is 2.40 bits per heavy atom. The number of carbonyl (C=O) groups excluding carboxylic acids is 1. The molecule has 0 aliphatic carbocycles. The van der Waals surface area contributed by atoms with Crippen LogP contribution in [-0.4, -0.2) is 5.97 Å². The number of hydrogen-bond acceptors (Lipinski definition) is 4. The highest BCUT2D eigenvalue weighted by molar-refractivity contribution is 5.68. The van der Waals surface area contributed by atoms with Crippen LogP contribution in [0.3, 0.4) is 0 Å². The maximum absolute atomic E-state index is 10.3. The number of furan rings is 1. The molecule has 4 nitrogen and oxygen atoms in total. The van der Waals surface area contributed by atoms with Gasteiger partial charge < -0.3 is 14.9 Å². The lowest BCUT2D eigenvalue weighted by Crippen LogP contribution is -1.99. The second-order valence-electron chi connectivity index (χ2n) is 1.75. The summed E-state index contributed by atoms with van der Waals surface area (Å²) in [7, 11) is 0. The summed E-state index contributed by atoms with van der Waals surface area (Å²) in [6.07, 6.45) is 0. The smallest absolute Gasteiger partial charge is 0.310 e. The third-order valence-corrected chi connectivity index (χ3v) is 0.846. The first-order chi connectivity index (χ1) is 4.68.